The molecule has 7 heavy (non-hydrogen) atoms. The van der Waals surface area contributed by atoms with E-state index >= 15 is 0 Å². The Bertz CT molecular complexity index is 127. The molecule has 0 aliphatic heterocycles. The van der Waals surface area contributed by atoms with E-state index in [0.717, 1.165) is 5.01 Å². The summed E-state index contributed by atoms with van der Waals surface area (Å²) in [6, 6.07) is 0. The minimum absolute atomic E-state index is 0.414. The fraction of sp³-hybridized carbons (Fsp3) is 0.500. The van der Waals surface area contributed by atoms with Gasteiger partial charge in [-0.05, 0) is 5.21 Å². The van der Waals surface area contributed by atoms with E-state index < -0.39 is 0 Å². The Kier molecular flexibility index (Phi) is 1.54. The number of rotatable bonds is 1. The maximum Gasteiger partial charge on any atom is 0.152 e. The van der Waals surface area contributed by atoms with E-state index in [1.807, 2.05) is 0 Å². The third-order valence-corrected chi connectivity index (χ3v) is 1.46. The summed E-state index contributed by atoms with van der Waals surface area (Å²) in [4.78, 5) is 0. The van der Waals surface area contributed by atoms with Gasteiger partial charge in [0.25, 0.3) is 0 Å². The molecule has 0 amide bonds. The number of hydrogen-bond acceptors (Lipinski definition) is 4. The van der Waals surface area contributed by atoms with Crippen LogP contribution in [0.2, 0.25) is 0 Å². The SMILES string of the molecule is ClCc1nnns1. The van der Waals surface area contributed by atoms with Gasteiger partial charge in [-0.3, -0.25) is 0 Å². The van der Waals surface area contributed by atoms with E-state index in [1.165, 1.54) is 11.5 Å². The van der Waals surface area contributed by atoms with E-state index in [-0.39, 0.29) is 0 Å². The van der Waals surface area contributed by atoms with Crippen molar-refractivity contribution in [1.29, 1.82) is 0 Å². The molecule has 1 aromatic heterocycles. The van der Waals surface area contributed by atoms with Crippen LogP contribution in [-0.2, 0) is 5.88 Å². The summed E-state index contributed by atoms with van der Waals surface area (Å²) in [5.41, 5.74) is 0. The standard InChI is InChI=1S/C2H2ClN3S/c3-1-2-4-5-6-7-2/h1H2. The number of aromatic nitrogens is 3. The fourth-order valence-corrected chi connectivity index (χ4v) is 0.692. The molecule has 0 spiro atoms. The van der Waals surface area contributed by atoms with Gasteiger partial charge in [-0.1, -0.05) is 4.49 Å². The molecule has 0 N–H and O–H groups in total. The summed E-state index contributed by atoms with van der Waals surface area (Å²) in [5.74, 6) is 0.414. The molecule has 0 unspecified atom stereocenters. The second-order valence-electron chi connectivity index (χ2n) is 0.890. The largest absolute Gasteiger partial charge is 0.152 e. The van der Waals surface area contributed by atoms with Crippen LogP contribution in [0.5, 0.6) is 0 Å². The highest BCUT2D eigenvalue weighted by atomic mass is 35.5. The Hall–Kier alpha value is -0.220. The van der Waals surface area contributed by atoms with E-state index in [1.54, 1.807) is 0 Å². The molecule has 0 atom stereocenters. The van der Waals surface area contributed by atoms with Gasteiger partial charge in [-0.15, -0.1) is 16.7 Å². The first-order valence-electron chi connectivity index (χ1n) is 1.63. The molecule has 0 aliphatic rings. The molecule has 0 saturated carbocycles. The van der Waals surface area contributed by atoms with Crippen LogP contribution in [0, 0.1) is 0 Å². The lowest BCUT2D eigenvalue weighted by molar-refractivity contribution is 0.933. The summed E-state index contributed by atoms with van der Waals surface area (Å²) in [7, 11) is 0. The molecule has 0 bridgehead atoms. The van der Waals surface area contributed by atoms with Crippen LogP contribution in [0.15, 0.2) is 0 Å². The van der Waals surface area contributed by atoms with E-state index in [9.17, 15) is 0 Å². The minimum Gasteiger partial charge on any atom is -0.121 e. The Morgan fingerprint density at radius 2 is 2.57 bits per heavy atom. The lowest BCUT2D eigenvalue weighted by Gasteiger charge is -1.70. The molecular weight excluding hydrogens is 134 g/mol. The monoisotopic (exact) mass is 135 g/mol. The molecule has 0 aliphatic carbocycles. The molecule has 3 nitrogen and oxygen atoms in total. The van der Waals surface area contributed by atoms with Gasteiger partial charge >= 0.3 is 0 Å². The lowest BCUT2D eigenvalue weighted by atomic mass is 10.9. The van der Waals surface area contributed by atoms with Crippen LogP contribution in [0.25, 0.3) is 0 Å². The van der Waals surface area contributed by atoms with Crippen LogP contribution in [0.1, 0.15) is 5.01 Å². The zero-order valence-corrected chi connectivity index (χ0v) is 4.91. The van der Waals surface area contributed by atoms with E-state index in [4.69, 9.17) is 11.6 Å². The predicted molar refractivity (Wildman–Crippen MR) is 27.3 cm³/mol. The van der Waals surface area contributed by atoms with Crippen molar-refractivity contribution >= 4 is 23.1 Å². The smallest absolute Gasteiger partial charge is 0.121 e. The second-order valence-corrected chi connectivity index (χ2v) is 1.97. The van der Waals surface area contributed by atoms with Gasteiger partial charge in [0.15, 0.2) is 5.01 Å². The molecule has 0 fully saturated rings. The third kappa shape index (κ3) is 1.07. The summed E-state index contributed by atoms with van der Waals surface area (Å²) in [6.07, 6.45) is 0. The Morgan fingerprint density at radius 1 is 1.71 bits per heavy atom. The predicted octanol–water partition coefficient (Wildman–Crippen LogP) is 0.672. The molecule has 5 heteroatoms. The maximum absolute atomic E-state index is 5.34. The molecule has 0 radical (unpaired) electrons. The third-order valence-electron chi connectivity index (χ3n) is 0.453. The van der Waals surface area contributed by atoms with Gasteiger partial charge < -0.3 is 0 Å². The number of hydrogen-bond donors (Lipinski definition) is 0. The van der Waals surface area contributed by atoms with Crippen LogP contribution >= 0.6 is 23.1 Å². The number of nitrogens with zero attached hydrogens (tertiary/aromatic N) is 3. The molecule has 0 aromatic carbocycles. The molecular formula is C2H2ClN3S. The first kappa shape index (κ1) is 4.93. The summed E-state index contributed by atoms with van der Waals surface area (Å²) in [5, 5.41) is 7.65. The zero-order valence-electron chi connectivity index (χ0n) is 3.33. The second kappa shape index (κ2) is 2.18. The highest BCUT2D eigenvalue weighted by Crippen LogP contribution is 1.99. The van der Waals surface area contributed by atoms with Crippen LogP contribution in [0.3, 0.4) is 0 Å². The molecule has 1 aromatic rings. The normalized spacial score (nSPS) is 9.29. The van der Waals surface area contributed by atoms with Crippen LogP contribution in [0.4, 0.5) is 0 Å². The van der Waals surface area contributed by atoms with Crippen molar-refractivity contribution in [3.05, 3.63) is 5.01 Å². The minimum atomic E-state index is 0.414. The fourth-order valence-electron chi connectivity index (χ4n) is 0.203. The van der Waals surface area contributed by atoms with E-state index in [2.05, 4.69) is 14.8 Å². The van der Waals surface area contributed by atoms with Crippen molar-refractivity contribution in [2.45, 2.75) is 5.88 Å². The number of alkyl halides is 1. The first-order valence-corrected chi connectivity index (χ1v) is 2.94. The van der Waals surface area contributed by atoms with Gasteiger partial charge in [0, 0.05) is 11.5 Å². The van der Waals surface area contributed by atoms with Crippen molar-refractivity contribution in [2.24, 2.45) is 0 Å². The molecule has 1 rings (SSSR count). The van der Waals surface area contributed by atoms with Crippen molar-refractivity contribution in [3.8, 4) is 0 Å². The van der Waals surface area contributed by atoms with Crippen LogP contribution < -0.4 is 0 Å². The van der Waals surface area contributed by atoms with Gasteiger partial charge in [-0.25, -0.2) is 0 Å². The lowest BCUT2D eigenvalue weighted by Crippen LogP contribution is -1.72. The van der Waals surface area contributed by atoms with E-state index in [0.29, 0.717) is 5.88 Å². The Balaban J connectivity index is 2.76. The Morgan fingerprint density at radius 3 is 2.86 bits per heavy atom. The molecule has 0 saturated heterocycles. The zero-order chi connectivity index (χ0) is 5.11. The highest BCUT2D eigenvalue weighted by molar-refractivity contribution is 7.05. The van der Waals surface area contributed by atoms with Crippen LogP contribution in [-0.4, -0.2) is 14.8 Å². The number of halogens is 1. The van der Waals surface area contributed by atoms with Gasteiger partial charge in [0.05, 0.1) is 5.88 Å². The maximum atomic E-state index is 5.34. The average Bonchev–Trinajstić information content (AvgIpc) is 2.14. The van der Waals surface area contributed by atoms with Crippen molar-refractivity contribution in [1.82, 2.24) is 14.8 Å². The van der Waals surface area contributed by atoms with Gasteiger partial charge in [0.2, 0.25) is 0 Å². The Labute approximate surface area is 49.5 Å². The van der Waals surface area contributed by atoms with Crippen molar-refractivity contribution in [2.75, 3.05) is 0 Å². The topological polar surface area (TPSA) is 38.7 Å². The quantitative estimate of drug-likeness (QED) is 0.532. The molecule has 38 valence electrons. The summed E-state index contributed by atoms with van der Waals surface area (Å²) < 4.78 is 3.49. The molecule has 1 heterocycles. The van der Waals surface area contributed by atoms with Gasteiger partial charge in [-0.2, -0.15) is 0 Å². The van der Waals surface area contributed by atoms with Crippen molar-refractivity contribution < 1.29 is 0 Å². The van der Waals surface area contributed by atoms with Gasteiger partial charge in [0.1, 0.15) is 0 Å². The summed E-state index contributed by atoms with van der Waals surface area (Å²) >= 11 is 6.55. The summed E-state index contributed by atoms with van der Waals surface area (Å²) in [6.45, 7) is 0. The average molecular weight is 136 g/mol. The van der Waals surface area contributed by atoms with Crippen molar-refractivity contribution in [3.63, 3.8) is 0 Å². The highest BCUT2D eigenvalue weighted by Gasteiger charge is 1.90. The first-order chi connectivity index (χ1) is 3.43.